The van der Waals surface area contributed by atoms with Gasteiger partial charge in [0, 0.05) is 25.2 Å². The molecule has 7 heteroatoms. The van der Waals surface area contributed by atoms with Crippen LogP contribution in [-0.4, -0.2) is 36.9 Å². The minimum atomic E-state index is -0.530. The average Bonchev–Trinajstić information content (AvgIpc) is 2.56. The molecular weight excluding hydrogens is 340 g/mol. The lowest BCUT2D eigenvalue weighted by molar-refractivity contribution is -0.119. The van der Waals surface area contributed by atoms with Gasteiger partial charge in [-0.05, 0) is 49.0 Å². The van der Waals surface area contributed by atoms with Crippen molar-refractivity contribution in [3.8, 4) is 0 Å². The van der Waals surface area contributed by atoms with Crippen LogP contribution in [-0.2, 0) is 16.1 Å². The highest BCUT2D eigenvalue weighted by Crippen LogP contribution is 2.16. The van der Waals surface area contributed by atoms with Crippen LogP contribution in [0.5, 0.6) is 0 Å². The van der Waals surface area contributed by atoms with Crippen LogP contribution in [0.4, 0.5) is 14.5 Å². The summed E-state index contributed by atoms with van der Waals surface area (Å²) in [4.78, 5) is 26.9. The molecule has 5 nitrogen and oxygen atoms in total. The van der Waals surface area contributed by atoms with Gasteiger partial charge in [0.25, 0.3) is 0 Å². The van der Waals surface area contributed by atoms with E-state index < -0.39 is 11.7 Å². The van der Waals surface area contributed by atoms with Crippen LogP contribution in [0.1, 0.15) is 12.0 Å². The van der Waals surface area contributed by atoms with Gasteiger partial charge in [-0.25, -0.2) is 8.78 Å². The van der Waals surface area contributed by atoms with E-state index in [1.165, 1.54) is 41.3 Å². The smallest absolute Gasteiger partial charge is 0.241 e. The van der Waals surface area contributed by atoms with Crippen molar-refractivity contribution in [2.24, 2.45) is 5.73 Å². The molecule has 0 unspecified atom stereocenters. The third kappa shape index (κ3) is 5.93. The summed E-state index contributed by atoms with van der Waals surface area (Å²) >= 11 is 0. The number of primary amides is 1. The van der Waals surface area contributed by atoms with Crippen molar-refractivity contribution in [2.45, 2.75) is 13.0 Å². The van der Waals surface area contributed by atoms with Crippen LogP contribution >= 0.6 is 0 Å². The van der Waals surface area contributed by atoms with E-state index >= 15 is 0 Å². The summed E-state index contributed by atoms with van der Waals surface area (Å²) in [7, 11) is 1.74. The highest BCUT2D eigenvalue weighted by molar-refractivity contribution is 5.95. The monoisotopic (exact) mass is 361 g/mol. The van der Waals surface area contributed by atoms with E-state index in [0.29, 0.717) is 12.2 Å². The normalized spacial score (nSPS) is 10.8. The van der Waals surface area contributed by atoms with E-state index in [1.54, 1.807) is 24.1 Å². The number of amides is 2. The topological polar surface area (TPSA) is 66.6 Å². The summed E-state index contributed by atoms with van der Waals surface area (Å²) in [6.45, 7) is 0.539. The molecule has 2 aromatic carbocycles. The summed E-state index contributed by atoms with van der Waals surface area (Å²) in [5.74, 6) is -1.55. The van der Waals surface area contributed by atoms with Gasteiger partial charge in [-0.3, -0.25) is 14.5 Å². The Bertz CT molecular complexity index is 766. The highest BCUT2D eigenvalue weighted by atomic mass is 19.1. The van der Waals surface area contributed by atoms with Crippen molar-refractivity contribution >= 4 is 17.5 Å². The SMILES string of the molecule is CN(CC(=O)N(CCC(N)=O)c1ccc(F)cc1)Cc1cccc(F)c1. The van der Waals surface area contributed by atoms with Crippen molar-refractivity contribution in [2.75, 3.05) is 25.0 Å². The van der Waals surface area contributed by atoms with Gasteiger partial charge in [0.15, 0.2) is 0 Å². The minimum absolute atomic E-state index is 0.00325. The molecule has 2 aromatic rings. The molecule has 2 amide bonds. The maximum absolute atomic E-state index is 13.3. The number of rotatable bonds is 8. The van der Waals surface area contributed by atoms with Crippen LogP contribution in [0, 0.1) is 11.6 Å². The molecular formula is C19H21F2N3O2. The third-order valence-electron chi connectivity index (χ3n) is 3.77. The highest BCUT2D eigenvalue weighted by Gasteiger charge is 2.18. The predicted molar refractivity (Wildman–Crippen MR) is 95.3 cm³/mol. The van der Waals surface area contributed by atoms with Gasteiger partial charge in [0.05, 0.1) is 6.54 Å². The number of benzene rings is 2. The first kappa shape index (κ1) is 19.5. The molecule has 0 fully saturated rings. The summed E-state index contributed by atoms with van der Waals surface area (Å²) in [5, 5.41) is 0. The Balaban J connectivity index is 2.07. The van der Waals surface area contributed by atoms with Gasteiger partial charge < -0.3 is 10.6 Å². The van der Waals surface area contributed by atoms with Gasteiger partial charge in [0.2, 0.25) is 11.8 Å². The van der Waals surface area contributed by atoms with Crippen LogP contribution < -0.4 is 10.6 Å². The van der Waals surface area contributed by atoms with Crippen LogP contribution in [0.15, 0.2) is 48.5 Å². The zero-order valence-electron chi connectivity index (χ0n) is 14.5. The van der Waals surface area contributed by atoms with Gasteiger partial charge in [-0.15, -0.1) is 0 Å². The van der Waals surface area contributed by atoms with E-state index in [9.17, 15) is 18.4 Å². The Kier molecular flexibility index (Phi) is 6.80. The molecule has 0 saturated carbocycles. The maximum Gasteiger partial charge on any atom is 0.241 e. The van der Waals surface area contributed by atoms with Crippen LogP contribution in [0.2, 0.25) is 0 Å². The second kappa shape index (κ2) is 9.05. The molecule has 0 aromatic heterocycles. The van der Waals surface area contributed by atoms with Crippen molar-refractivity contribution in [1.29, 1.82) is 0 Å². The van der Waals surface area contributed by atoms with Crippen molar-refractivity contribution in [3.05, 3.63) is 65.7 Å². The molecule has 0 aliphatic rings. The number of hydrogen-bond donors (Lipinski definition) is 1. The molecule has 26 heavy (non-hydrogen) atoms. The molecule has 0 heterocycles. The Morgan fingerprint density at radius 1 is 1.04 bits per heavy atom. The summed E-state index contributed by atoms with van der Waals surface area (Å²) in [5.41, 5.74) is 6.40. The molecule has 138 valence electrons. The van der Waals surface area contributed by atoms with Crippen molar-refractivity contribution in [3.63, 3.8) is 0 Å². The summed E-state index contributed by atoms with van der Waals surface area (Å²) in [6.07, 6.45) is -0.00325. The fourth-order valence-electron chi connectivity index (χ4n) is 2.56. The minimum Gasteiger partial charge on any atom is -0.370 e. The number of carbonyl (C=O) groups is 2. The van der Waals surface area contributed by atoms with Gasteiger partial charge >= 0.3 is 0 Å². The average molecular weight is 361 g/mol. The van der Waals surface area contributed by atoms with Crippen LogP contribution in [0.3, 0.4) is 0 Å². The molecule has 2 N–H and O–H groups in total. The fourth-order valence-corrected chi connectivity index (χ4v) is 2.56. The van der Waals surface area contributed by atoms with Crippen molar-refractivity contribution in [1.82, 2.24) is 4.90 Å². The van der Waals surface area contributed by atoms with Gasteiger partial charge in [-0.2, -0.15) is 0 Å². The first-order valence-electron chi connectivity index (χ1n) is 8.12. The lowest BCUT2D eigenvalue weighted by Crippen LogP contribution is -2.40. The maximum atomic E-state index is 13.3. The Morgan fingerprint density at radius 3 is 2.35 bits per heavy atom. The number of likely N-dealkylation sites (N-methyl/N-ethyl adjacent to an activating group) is 1. The summed E-state index contributed by atoms with van der Waals surface area (Å²) < 4.78 is 26.4. The molecule has 0 saturated heterocycles. The number of hydrogen-bond acceptors (Lipinski definition) is 3. The molecule has 0 atom stereocenters. The Morgan fingerprint density at radius 2 is 1.73 bits per heavy atom. The number of halogens is 2. The first-order chi connectivity index (χ1) is 12.3. The molecule has 0 aliphatic carbocycles. The lowest BCUT2D eigenvalue weighted by Gasteiger charge is -2.25. The van der Waals surface area contributed by atoms with Crippen molar-refractivity contribution < 1.29 is 18.4 Å². The van der Waals surface area contributed by atoms with E-state index in [0.717, 1.165) is 5.56 Å². The zero-order valence-corrected chi connectivity index (χ0v) is 14.5. The molecule has 0 aliphatic heterocycles. The quantitative estimate of drug-likeness (QED) is 0.785. The Labute approximate surface area is 151 Å². The second-order valence-corrected chi connectivity index (χ2v) is 6.04. The zero-order chi connectivity index (χ0) is 19.1. The second-order valence-electron chi connectivity index (χ2n) is 6.04. The van der Waals surface area contributed by atoms with E-state index in [4.69, 9.17) is 5.73 Å². The predicted octanol–water partition coefficient (Wildman–Crippen LogP) is 2.31. The first-order valence-corrected chi connectivity index (χ1v) is 8.12. The molecule has 2 rings (SSSR count). The standard InChI is InChI=1S/C19H21F2N3O2/c1-23(12-14-3-2-4-16(21)11-14)13-19(26)24(10-9-18(22)25)17-7-5-15(20)6-8-17/h2-8,11H,9-10,12-13H2,1H3,(H2,22,25). The lowest BCUT2D eigenvalue weighted by atomic mass is 10.2. The number of carbonyl (C=O) groups excluding carboxylic acids is 2. The number of anilines is 1. The Hall–Kier alpha value is -2.80. The molecule has 0 spiro atoms. The van der Waals surface area contributed by atoms with Gasteiger partial charge in [-0.1, -0.05) is 12.1 Å². The number of nitrogens with zero attached hydrogens (tertiary/aromatic N) is 2. The van der Waals surface area contributed by atoms with E-state index in [1.807, 2.05) is 0 Å². The molecule has 0 bridgehead atoms. The third-order valence-corrected chi connectivity index (χ3v) is 3.77. The van der Waals surface area contributed by atoms with E-state index in [2.05, 4.69) is 0 Å². The van der Waals surface area contributed by atoms with Gasteiger partial charge in [0.1, 0.15) is 11.6 Å². The fraction of sp³-hybridized carbons (Fsp3) is 0.263. The largest absolute Gasteiger partial charge is 0.370 e. The summed E-state index contributed by atoms with van der Waals surface area (Å²) in [6, 6.07) is 11.6. The molecule has 0 radical (unpaired) electrons. The van der Waals surface area contributed by atoms with Crippen LogP contribution in [0.25, 0.3) is 0 Å². The van der Waals surface area contributed by atoms with E-state index in [-0.39, 0.29) is 31.2 Å². The number of nitrogens with two attached hydrogens (primary N) is 1.